The molecule has 0 bridgehead atoms. The van der Waals surface area contributed by atoms with Crippen LogP contribution in [0.1, 0.15) is 22.5 Å². The van der Waals surface area contributed by atoms with Crippen molar-refractivity contribution in [2.24, 2.45) is 0 Å². The lowest BCUT2D eigenvalue weighted by atomic mass is 10.0. The Kier molecular flexibility index (Phi) is 2.78. The third kappa shape index (κ3) is 1.94. The molecule has 0 saturated heterocycles. The number of nitrogens with zero attached hydrogens (tertiary/aromatic N) is 1. The Hall–Kier alpha value is -2.64. The van der Waals surface area contributed by atoms with Crippen molar-refractivity contribution in [3.05, 3.63) is 29.5 Å². The summed E-state index contributed by atoms with van der Waals surface area (Å²) < 4.78 is 41.1. The van der Waals surface area contributed by atoms with E-state index in [-0.39, 0.29) is 40.9 Å². The van der Waals surface area contributed by atoms with Gasteiger partial charge in [0, 0.05) is 17.2 Å². The summed E-state index contributed by atoms with van der Waals surface area (Å²) >= 11 is 0. The summed E-state index contributed by atoms with van der Waals surface area (Å²) in [5, 5.41) is 12.1. The Morgan fingerprint density at radius 2 is 1.95 bits per heavy atom. The van der Waals surface area contributed by atoms with Crippen LogP contribution in [0.3, 0.4) is 0 Å². The van der Waals surface area contributed by atoms with E-state index in [0.29, 0.717) is 0 Å². The van der Waals surface area contributed by atoms with Crippen LogP contribution >= 0.6 is 0 Å². The van der Waals surface area contributed by atoms with Crippen LogP contribution in [-0.2, 0) is 0 Å². The molecule has 2 aromatic rings. The number of carboxylic acid groups (broad SMARTS) is 1. The molecule has 104 valence electrons. The Morgan fingerprint density at radius 3 is 2.55 bits per heavy atom. The minimum absolute atomic E-state index is 0.0178. The van der Waals surface area contributed by atoms with Crippen molar-refractivity contribution in [1.82, 2.24) is 5.16 Å². The average Bonchev–Trinajstić information content (AvgIpc) is 3.05. The lowest BCUT2D eigenvalue weighted by molar-refractivity contribution is 0.0685. The monoisotopic (exact) mass is 283 g/mol. The molecule has 1 aromatic carbocycles. The van der Waals surface area contributed by atoms with Crippen LogP contribution in [0.2, 0.25) is 0 Å². The number of carboxylic acids is 1. The zero-order valence-electron chi connectivity index (χ0n) is 9.80. The summed E-state index contributed by atoms with van der Waals surface area (Å²) in [5.74, 6) is -0.880. The van der Waals surface area contributed by atoms with Gasteiger partial charge in [-0.2, -0.15) is 0 Å². The van der Waals surface area contributed by atoms with Gasteiger partial charge in [-0.3, -0.25) is 0 Å². The maximum absolute atomic E-state index is 13.1. The van der Waals surface area contributed by atoms with Gasteiger partial charge in [-0.05, 0) is 12.1 Å². The van der Waals surface area contributed by atoms with E-state index in [1.807, 2.05) is 0 Å². The van der Waals surface area contributed by atoms with Crippen molar-refractivity contribution in [1.29, 1.82) is 0 Å². The van der Waals surface area contributed by atoms with E-state index in [4.69, 9.17) is 19.1 Å². The van der Waals surface area contributed by atoms with Crippen molar-refractivity contribution >= 4 is 5.97 Å². The molecule has 0 aliphatic carbocycles. The van der Waals surface area contributed by atoms with Gasteiger partial charge in [-0.25, -0.2) is 13.6 Å². The fourth-order valence-corrected chi connectivity index (χ4v) is 1.85. The van der Waals surface area contributed by atoms with Crippen LogP contribution in [0.5, 0.6) is 11.5 Å². The fraction of sp³-hybridized carbons (Fsp3) is 0.167. The SMILES string of the molecule is O=C(O)c1cc(-c2cc3c(cc2C(F)F)OCO3)on1. The molecule has 0 fully saturated rings. The summed E-state index contributed by atoms with van der Waals surface area (Å²) in [6.45, 7) is -0.0573. The van der Waals surface area contributed by atoms with Gasteiger partial charge in [-0.1, -0.05) is 5.16 Å². The Morgan fingerprint density at radius 1 is 1.25 bits per heavy atom. The number of aromatic carboxylic acids is 1. The van der Waals surface area contributed by atoms with E-state index < -0.39 is 12.4 Å². The lowest BCUT2D eigenvalue weighted by Crippen LogP contribution is -1.94. The van der Waals surface area contributed by atoms with Gasteiger partial charge in [-0.15, -0.1) is 0 Å². The second kappa shape index (κ2) is 4.48. The number of fused-ring (bicyclic) bond motifs is 1. The summed E-state index contributed by atoms with van der Waals surface area (Å²) in [7, 11) is 0. The zero-order chi connectivity index (χ0) is 14.3. The molecule has 1 aliphatic rings. The number of aromatic nitrogens is 1. The summed E-state index contributed by atoms with van der Waals surface area (Å²) in [6, 6.07) is 3.53. The Bertz CT molecular complexity index is 682. The molecule has 3 rings (SSSR count). The van der Waals surface area contributed by atoms with Crippen LogP contribution < -0.4 is 9.47 Å². The largest absolute Gasteiger partial charge is 0.476 e. The van der Waals surface area contributed by atoms with E-state index >= 15 is 0 Å². The second-order valence-electron chi connectivity index (χ2n) is 3.97. The van der Waals surface area contributed by atoms with Crippen molar-refractivity contribution < 1.29 is 32.7 Å². The highest BCUT2D eigenvalue weighted by atomic mass is 19.3. The molecule has 6 nitrogen and oxygen atoms in total. The van der Waals surface area contributed by atoms with Crippen LogP contribution in [0.15, 0.2) is 22.7 Å². The van der Waals surface area contributed by atoms with Gasteiger partial charge in [0.15, 0.2) is 23.0 Å². The number of ether oxygens (including phenoxy) is 2. The normalized spacial score (nSPS) is 12.9. The smallest absolute Gasteiger partial charge is 0.358 e. The van der Waals surface area contributed by atoms with Crippen LogP contribution in [0, 0.1) is 0 Å². The average molecular weight is 283 g/mol. The highest BCUT2D eigenvalue weighted by Gasteiger charge is 2.25. The molecule has 0 atom stereocenters. The van der Waals surface area contributed by atoms with Gasteiger partial charge in [0.25, 0.3) is 6.43 Å². The summed E-state index contributed by atoms with van der Waals surface area (Å²) in [6.07, 6.45) is -2.78. The number of halogens is 2. The first-order chi connectivity index (χ1) is 9.56. The van der Waals surface area contributed by atoms with E-state index in [0.717, 1.165) is 12.1 Å². The molecule has 20 heavy (non-hydrogen) atoms. The Labute approximate surface area is 110 Å². The predicted octanol–water partition coefficient (Wildman–Crippen LogP) is 2.71. The molecule has 0 radical (unpaired) electrons. The Balaban J connectivity index is 2.13. The van der Waals surface area contributed by atoms with Crippen molar-refractivity contribution in [2.75, 3.05) is 6.79 Å². The van der Waals surface area contributed by atoms with Gasteiger partial charge < -0.3 is 19.1 Å². The number of rotatable bonds is 3. The van der Waals surface area contributed by atoms with E-state index in [9.17, 15) is 13.6 Å². The maximum atomic E-state index is 13.1. The standard InChI is InChI=1S/C12H7F2NO5/c13-11(14)6-2-10-9(18-4-19-10)1-5(6)8-3-7(12(16)17)15-20-8/h1-3,11H,4H2,(H,16,17). The van der Waals surface area contributed by atoms with Crippen LogP contribution in [0.4, 0.5) is 8.78 Å². The van der Waals surface area contributed by atoms with E-state index in [1.54, 1.807) is 0 Å². The molecule has 1 aliphatic heterocycles. The summed E-state index contributed by atoms with van der Waals surface area (Å²) in [4.78, 5) is 10.7. The van der Waals surface area contributed by atoms with E-state index in [1.165, 1.54) is 6.07 Å². The zero-order valence-corrected chi connectivity index (χ0v) is 9.80. The number of hydrogen-bond donors (Lipinski definition) is 1. The van der Waals surface area contributed by atoms with E-state index in [2.05, 4.69) is 5.16 Å². The molecule has 1 N–H and O–H groups in total. The van der Waals surface area contributed by atoms with Gasteiger partial charge in [0.2, 0.25) is 6.79 Å². The van der Waals surface area contributed by atoms with Gasteiger partial charge >= 0.3 is 5.97 Å². The topological polar surface area (TPSA) is 81.8 Å². The lowest BCUT2D eigenvalue weighted by Gasteiger charge is -2.07. The first-order valence-corrected chi connectivity index (χ1v) is 5.48. The quantitative estimate of drug-likeness (QED) is 0.932. The molecule has 0 unspecified atom stereocenters. The number of carbonyl (C=O) groups is 1. The maximum Gasteiger partial charge on any atom is 0.358 e. The van der Waals surface area contributed by atoms with Crippen molar-refractivity contribution in [3.8, 4) is 22.8 Å². The fourth-order valence-electron chi connectivity index (χ4n) is 1.85. The highest BCUT2D eigenvalue weighted by Crippen LogP contribution is 2.42. The molecule has 0 amide bonds. The van der Waals surface area contributed by atoms with Gasteiger partial charge in [0.05, 0.1) is 0 Å². The molecule has 2 heterocycles. The van der Waals surface area contributed by atoms with Crippen molar-refractivity contribution in [2.45, 2.75) is 6.43 Å². The van der Waals surface area contributed by atoms with Crippen LogP contribution in [0.25, 0.3) is 11.3 Å². The first-order valence-electron chi connectivity index (χ1n) is 5.48. The first kappa shape index (κ1) is 12.4. The van der Waals surface area contributed by atoms with Crippen LogP contribution in [-0.4, -0.2) is 23.0 Å². The minimum Gasteiger partial charge on any atom is -0.476 e. The molecule has 0 spiro atoms. The molecule has 1 aromatic heterocycles. The molecular formula is C12H7F2NO5. The third-order valence-corrected chi connectivity index (χ3v) is 2.77. The molecule has 0 saturated carbocycles. The predicted molar refractivity (Wildman–Crippen MR) is 60.0 cm³/mol. The number of hydrogen-bond acceptors (Lipinski definition) is 5. The third-order valence-electron chi connectivity index (χ3n) is 2.77. The highest BCUT2D eigenvalue weighted by molar-refractivity contribution is 5.86. The minimum atomic E-state index is -2.78. The van der Waals surface area contributed by atoms with Crippen molar-refractivity contribution in [3.63, 3.8) is 0 Å². The second-order valence-corrected chi connectivity index (χ2v) is 3.97. The number of benzene rings is 1. The summed E-state index contributed by atoms with van der Waals surface area (Å²) in [5.41, 5.74) is -0.690. The number of alkyl halides is 2. The van der Waals surface area contributed by atoms with Gasteiger partial charge in [0.1, 0.15) is 0 Å². The molecular weight excluding hydrogens is 276 g/mol. The molecule has 8 heteroatoms.